The molecule has 5 N–H and O–H groups in total. The monoisotopic (exact) mass is 656 g/mol. The summed E-state index contributed by atoms with van der Waals surface area (Å²) >= 11 is 1.97. The number of thioether (sulfide) groups is 1. The number of carbonyl (C=O) groups excluding carboxylic acids is 2. The third-order valence-corrected chi connectivity index (χ3v) is 8.71. The highest BCUT2D eigenvalue weighted by molar-refractivity contribution is 7.99. The molecule has 0 fully saturated rings. The van der Waals surface area contributed by atoms with Gasteiger partial charge in [-0.1, -0.05) is 83.1 Å². The number of nitrogens with two attached hydrogens (primary N) is 1. The maximum atomic E-state index is 13.4. The van der Waals surface area contributed by atoms with E-state index in [-0.39, 0.29) is 6.42 Å². The van der Waals surface area contributed by atoms with Crippen LogP contribution in [0.15, 0.2) is 36.4 Å². The van der Waals surface area contributed by atoms with Crippen molar-refractivity contribution in [3.05, 3.63) is 42.0 Å². The Morgan fingerprint density at radius 2 is 1.56 bits per heavy atom. The van der Waals surface area contributed by atoms with Crippen LogP contribution >= 0.6 is 11.8 Å². The van der Waals surface area contributed by atoms with Crippen molar-refractivity contribution in [3.63, 3.8) is 0 Å². The molecule has 1 rings (SSSR count). The van der Waals surface area contributed by atoms with Crippen LogP contribution in [0.5, 0.6) is 5.75 Å². The van der Waals surface area contributed by atoms with Crippen LogP contribution in [-0.2, 0) is 20.8 Å². The van der Waals surface area contributed by atoms with E-state index in [4.69, 9.17) is 10.5 Å². The van der Waals surface area contributed by atoms with Gasteiger partial charge in [0.05, 0.1) is 12.5 Å². The highest BCUT2D eigenvalue weighted by atomic mass is 32.2. The van der Waals surface area contributed by atoms with Crippen molar-refractivity contribution in [3.8, 4) is 5.75 Å². The lowest BCUT2D eigenvalue weighted by atomic mass is 9.82. The van der Waals surface area contributed by atoms with Gasteiger partial charge in [0.1, 0.15) is 11.8 Å². The first kappa shape index (κ1) is 40.4. The van der Waals surface area contributed by atoms with Gasteiger partial charge in [0, 0.05) is 12.8 Å². The number of benzene rings is 1. The van der Waals surface area contributed by atoms with Gasteiger partial charge in [0.15, 0.2) is 5.60 Å². The molecule has 0 heterocycles. The van der Waals surface area contributed by atoms with E-state index in [0.29, 0.717) is 24.3 Å². The summed E-state index contributed by atoms with van der Waals surface area (Å²) in [4.78, 5) is 37.5. The van der Waals surface area contributed by atoms with Crippen LogP contribution in [0.1, 0.15) is 103 Å². The smallest absolute Gasteiger partial charge is 0.337 e. The second kappa shape index (κ2) is 23.6. The Labute approximate surface area is 271 Å². The summed E-state index contributed by atoms with van der Waals surface area (Å²) in [5, 5.41) is 22.9. The van der Waals surface area contributed by atoms with Crippen LogP contribution in [0.3, 0.4) is 0 Å². The van der Waals surface area contributed by atoms with Gasteiger partial charge in [-0.25, -0.2) is 13.6 Å². The molecule has 0 bridgehead atoms. The minimum absolute atomic E-state index is 0.0236. The zero-order valence-electron chi connectivity index (χ0n) is 27.0. The van der Waals surface area contributed by atoms with Gasteiger partial charge in [-0.05, 0) is 61.3 Å². The highest BCUT2D eigenvalue weighted by Crippen LogP contribution is 2.28. The number of hydrogen-bond donors (Lipinski definition) is 4. The van der Waals surface area contributed by atoms with Gasteiger partial charge in [0.2, 0.25) is 18.2 Å². The van der Waals surface area contributed by atoms with Gasteiger partial charge >= 0.3 is 5.97 Å². The van der Waals surface area contributed by atoms with Crippen molar-refractivity contribution < 1.29 is 38.1 Å². The molecule has 0 radical (unpaired) electrons. The van der Waals surface area contributed by atoms with E-state index in [9.17, 15) is 33.4 Å². The van der Waals surface area contributed by atoms with E-state index in [1.807, 2.05) is 11.8 Å². The second-order valence-corrected chi connectivity index (χ2v) is 12.7. The Morgan fingerprint density at radius 1 is 0.956 bits per heavy atom. The summed E-state index contributed by atoms with van der Waals surface area (Å²) < 4.78 is 32.4. The number of ether oxygens (including phenoxy) is 1. The predicted molar refractivity (Wildman–Crippen MR) is 177 cm³/mol. The lowest BCUT2D eigenvalue weighted by molar-refractivity contribution is -0.171. The number of aliphatic carboxylic acids is 1. The number of nitrogens with one attached hydrogen (secondary N) is 1. The Balaban J connectivity index is 2.78. The number of alkyl halides is 2. The van der Waals surface area contributed by atoms with Crippen molar-refractivity contribution in [2.45, 2.75) is 122 Å². The van der Waals surface area contributed by atoms with Crippen LogP contribution in [0.25, 0.3) is 0 Å². The molecule has 1 aromatic rings. The van der Waals surface area contributed by atoms with Crippen molar-refractivity contribution in [2.24, 2.45) is 11.7 Å². The molecule has 3 atom stereocenters. The average molecular weight is 657 g/mol. The van der Waals surface area contributed by atoms with E-state index in [1.54, 1.807) is 24.3 Å². The van der Waals surface area contributed by atoms with Crippen molar-refractivity contribution >= 4 is 29.5 Å². The molecule has 0 spiro atoms. The lowest BCUT2D eigenvalue weighted by Crippen LogP contribution is -2.56. The molecule has 8 nitrogen and oxygen atoms in total. The third kappa shape index (κ3) is 17.0. The number of primary amides is 1. The van der Waals surface area contributed by atoms with E-state index >= 15 is 0 Å². The first-order valence-corrected chi connectivity index (χ1v) is 17.5. The molecule has 1 aromatic carbocycles. The number of halogens is 2. The first-order chi connectivity index (χ1) is 21.5. The maximum Gasteiger partial charge on any atom is 0.337 e. The van der Waals surface area contributed by atoms with Crippen LogP contribution < -0.4 is 15.8 Å². The molecule has 0 aromatic heterocycles. The Kier molecular flexibility index (Phi) is 21.2. The Hall–Kier alpha value is -2.66. The fraction of sp³-hybridized carbons (Fsp3) is 0.676. The van der Waals surface area contributed by atoms with Gasteiger partial charge in [-0.3, -0.25) is 9.59 Å². The molecule has 0 aliphatic heterocycles. The maximum absolute atomic E-state index is 13.4. The van der Waals surface area contributed by atoms with E-state index in [1.165, 1.54) is 43.9 Å². The number of amides is 2. The zero-order chi connectivity index (χ0) is 33.5. The Morgan fingerprint density at radius 3 is 2.11 bits per heavy atom. The van der Waals surface area contributed by atoms with Crippen molar-refractivity contribution in [1.29, 1.82) is 0 Å². The summed E-state index contributed by atoms with van der Waals surface area (Å²) in [5.74, 6) is -2.87. The number of carbonyl (C=O) groups is 3. The SMILES string of the molecule is CCCCCCCSCCCCCCC=C[C@H](C(=O)N[C@@H](Cc1ccc(OCCCC)cc1)C(N)=O)[C@@](O)(CC(F)F)C(=O)O. The second-order valence-electron chi connectivity index (χ2n) is 11.5. The minimum atomic E-state index is -3.19. The van der Waals surface area contributed by atoms with E-state index in [0.717, 1.165) is 50.4 Å². The molecule has 0 unspecified atom stereocenters. The molecule has 0 saturated heterocycles. The van der Waals surface area contributed by atoms with Gasteiger partial charge in [0.25, 0.3) is 0 Å². The number of allylic oxidation sites excluding steroid dienone is 1. The topological polar surface area (TPSA) is 139 Å². The van der Waals surface area contributed by atoms with Crippen LogP contribution in [0.4, 0.5) is 8.78 Å². The summed E-state index contributed by atoms with van der Waals surface area (Å²) in [6.45, 7) is 4.82. The number of aliphatic hydroxyl groups is 1. The van der Waals surface area contributed by atoms with Crippen molar-refractivity contribution in [1.82, 2.24) is 5.32 Å². The van der Waals surface area contributed by atoms with E-state index in [2.05, 4.69) is 19.2 Å². The minimum Gasteiger partial charge on any atom is -0.494 e. The lowest BCUT2D eigenvalue weighted by Gasteiger charge is -2.30. The van der Waals surface area contributed by atoms with Gasteiger partial charge in [-0.15, -0.1) is 0 Å². The fourth-order valence-electron chi connectivity index (χ4n) is 4.78. The third-order valence-electron chi connectivity index (χ3n) is 7.55. The Bertz CT molecular complexity index is 1010. The highest BCUT2D eigenvalue weighted by Gasteiger charge is 2.49. The van der Waals surface area contributed by atoms with Gasteiger partial charge in [-0.2, -0.15) is 11.8 Å². The largest absolute Gasteiger partial charge is 0.494 e. The zero-order valence-corrected chi connectivity index (χ0v) is 27.8. The standard InChI is InChI=1S/C34H54F2N2O6S/c1-3-5-7-11-14-22-45-23-15-12-9-8-10-13-16-28(34(43,33(41)42)25-30(35)36)32(40)38-29(31(37)39)24-26-17-19-27(20-18-26)44-21-6-4-2/h13,16-20,28-30,43H,3-12,14-15,21-25H2,1-2H3,(H2,37,39)(H,38,40)(H,41,42)/t28-,29+,34+/m1/s1. The normalized spacial score (nSPS) is 14.3. The van der Waals surface area contributed by atoms with Crippen molar-refractivity contribution in [2.75, 3.05) is 18.1 Å². The molecule has 256 valence electrons. The summed E-state index contributed by atoms with van der Waals surface area (Å²) in [6.07, 6.45) is 10.6. The summed E-state index contributed by atoms with van der Waals surface area (Å²) in [6, 6.07) is 5.59. The van der Waals surface area contributed by atoms with Gasteiger partial charge < -0.3 is 26.0 Å². The molecule has 45 heavy (non-hydrogen) atoms. The first-order valence-electron chi connectivity index (χ1n) is 16.3. The average Bonchev–Trinajstić information content (AvgIpc) is 2.99. The number of hydrogen-bond acceptors (Lipinski definition) is 6. The number of rotatable bonds is 27. The molecular formula is C34H54F2N2O6S. The number of carboxylic acids is 1. The molecule has 11 heteroatoms. The number of carboxylic acid groups (broad SMARTS) is 1. The predicted octanol–water partition coefficient (Wildman–Crippen LogP) is 6.68. The molecule has 0 saturated carbocycles. The van der Waals surface area contributed by atoms with E-state index < -0.39 is 48.2 Å². The fourth-order valence-corrected chi connectivity index (χ4v) is 5.80. The van der Waals surface area contributed by atoms with Crippen LogP contribution in [0.2, 0.25) is 0 Å². The number of unbranched alkanes of at least 4 members (excludes halogenated alkanes) is 9. The molecule has 2 amide bonds. The molecule has 0 aliphatic rings. The quantitative estimate of drug-likeness (QED) is 0.0612. The summed E-state index contributed by atoms with van der Waals surface area (Å²) in [7, 11) is 0. The molecular weight excluding hydrogens is 602 g/mol. The summed E-state index contributed by atoms with van der Waals surface area (Å²) in [5.41, 5.74) is 3.09. The van der Waals surface area contributed by atoms with Crippen LogP contribution in [-0.4, -0.2) is 64.2 Å². The van der Waals surface area contributed by atoms with Crippen LogP contribution in [0, 0.1) is 5.92 Å². The molecule has 0 aliphatic carbocycles.